The molecule has 0 bridgehead atoms. The Balaban J connectivity index is 1.61. The first-order chi connectivity index (χ1) is 14.0. The lowest BCUT2D eigenvalue weighted by atomic mass is 10.2. The summed E-state index contributed by atoms with van der Waals surface area (Å²) in [5.74, 6) is -0.190. The molecule has 10 heteroatoms. The number of fused-ring (bicyclic) bond motifs is 1. The van der Waals surface area contributed by atoms with Crippen LogP contribution >= 0.6 is 11.3 Å². The number of ether oxygens (including phenoxy) is 1. The van der Waals surface area contributed by atoms with Crippen molar-refractivity contribution in [3.8, 4) is 0 Å². The number of rotatable bonds is 5. The van der Waals surface area contributed by atoms with Crippen molar-refractivity contribution in [2.24, 2.45) is 0 Å². The maximum atomic E-state index is 12.8. The van der Waals surface area contributed by atoms with Gasteiger partial charge >= 0.3 is 5.97 Å². The molecule has 0 N–H and O–H groups in total. The van der Waals surface area contributed by atoms with Gasteiger partial charge in [0.15, 0.2) is 16.5 Å². The van der Waals surface area contributed by atoms with Crippen LogP contribution in [0.5, 0.6) is 0 Å². The van der Waals surface area contributed by atoms with Crippen LogP contribution in [-0.4, -0.2) is 35.6 Å². The predicted octanol–water partition coefficient (Wildman–Crippen LogP) is 2.10. The number of aryl methyl sites for hydroxylation is 2. The molecule has 9 nitrogen and oxygen atoms in total. The van der Waals surface area contributed by atoms with Crippen LogP contribution in [0.1, 0.15) is 22.8 Å². The fraction of sp³-hybridized carbons (Fsp3) is 0.158. The minimum Gasteiger partial charge on any atom is -0.454 e. The fourth-order valence-electron chi connectivity index (χ4n) is 2.76. The summed E-state index contributed by atoms with van der Waals surface area (Å²) >= 11 is 1.35. The Kier molecular flexibility index (Phi) is 5.00. The molecule has 0 aliphatic rings. The van der Waals surface area contributed by atoms with E-state index in [1.54, 1.807) is 13.0 Å². The van der Waals surface area contributed by atoms with Crippen molar-refractivity contribution in [3.63, 3.8) is 0 Å². The van der Waals surface area contributed by atoms with Gasteiger partial charge in [0, 0.05) is 17.1 Å². The van der Waals surface area contributed by atoms with Gasteiger partial charge < -0.3 is 4.74 Å². The Morgan fingerprint density at radius 1 is 1.24 bits per heavy atom. The van der Waals surface area contributed by atoms with Gasteiger partial charge in [-0.05, 0) is 35.9 Å². The molecule has 4 aromatic rings. The van der Waals surface area contributed by atoms with Crippen molar-refractivity contribution in [2.45, 2.75) is 20.5 Å². The van der Waals surface area contributed by atoms with Crippen molar-refractivity contribution in [1.82, 2.24) is 29.6 Å². The van der Waals surface area contributed by atoms with Crippen LogP contribution in [0.2, 0.25) is 0 Å². The molecular weight excluding hydrogens is 392 g/mol. The maximum absolute atomic E-state index is 12.8. The van der Waals surface area contributed by atoms with Crippen molar-refractivity contribution < 1.29 is 9.53 Å². The number of tetrazole rings is 1. The normalized spacial score (nSPS) is 11.7. The van der Waals surface area contributed by atoms with E-state index in [1.807, 2.05) is 42.6 Å². The van der Waals surface area contributed by atoms with Gasteiger partial charge in [-0.2, -0.15) is 4.68 Å². The monoisotopic (exact) mass is 408 g/mol. The lowest BCUT2D eigenvalue weighted by Crippen LogP contribution is -2.18. The summed E-state index contributed by atoms with van der Waals surface area (Å²) in [6.45, 7) is 3.37. The molecule has 4 rings (SSSR count). The minimum absolute atomic E-state index is 0.144. The van der Waals surface area contributed by atoms with Crippen LogP contribution < -0.4 is 5.56 Å². The highest BCUT2D eigenvalue weighted by Gasteiger charge is 2.18. The highest BCUT2D eigenvalue weighted by molar-refractivity contribution is 7.15. The molecule has 146 valence electrons. The van der Waals surface area contributed by atoms with Gasteiger partial charge in [0.05, 0.1) is 5.69 Å². The fourth-order valence-corrected chi connectivity index (χ4v) is 3.65. The average molecular weight is 408 g/mol. The van der Waals surface area contributed by atoms with Gasteiger partial charge in [-0.15, -0.1) is 16.4 Å². The van der Waals surface area contributed by atoms with Gasteiger partial charge in [-0.1, -0.05) is 30.3 Å². The predicted molar refractivity (Wildman–Crippen MR) is 107 cm³/mol. The second-order valence-corrected chi connectivity index (χ2v) is 7.07. The van der Waals surface area contributed by atoms with E-state index in [0.29, 0.717) is 16.5 Å². The molecule has 0 aliphatic carbocycles. The average Bonchev–Trinajstić information content (AvgIpc) is 3.31. The van der Waals surface area contributed by atoms with Gasteiger partial charge in [0.25, 0.3) is 5.56 Å². The minimum atomic E-state index is -0.631. The van der Waals surface area contributed by atoms with E-state index in [4.69, 9.17) is 4.74 Å². The molecule has 3 aromatic heterocycles. The smallest absolute Gasteiger partial charge is 0.357 e. The molecule has 0 unspecified atom stereocenters. The molecule has 0 saturated heterocycles. The lowest BCUT2D eigenvalue weighted by Gasteiger charge is -2.09. The Bertz CT molecular complexity index is 1270. The number of thiazole rings is 1. The highest BCUT2D eigenvalue weighted by Crippen LogP contribution is 2.15. The third kappa shape index (κ3) is 3.83. The number of carbonyl (C=O) groups is 1. The van der Waals surface area contributed by atoms with E-state index < -0.39 is 5.97 Å². The quantitative estimate of drug-likeness (QED) is 0.368. The number of aromatic nitrogens is 6. The molecule has 0 atom stereocenters. The van der Waals surface area contributed by atoms with Gasteiger partial charge in [-0.25, -0.2) is 9.78 Å². The summed E-state index contributed by atoms with van der Waals surface area (Å²) in [7, 11) is 0. The van der Waals surface area contributed by atoms with Crippen molar-refractivity contribution in [3.05, 3.63) is 74.9 Å². The van der Waals surface area contributed by atoms with Crippen LogP contribution in [0.3, 0.4) is 0 Å². The second kappa shape index (κ2) is 7.76. The molecule has 0 radical (unpaired) electrons. The zero-order chi connectivity index (χ0) is 20.4. The molecule has 0 amide bonds. The first-order valence-corrected chi connectivity index (χ1v) is 9.57. The van der Waals surface area contributed by atoms with Gasteiger partial charge in [0.2, 0.25) is 0 Å². The van der Waals surface area contributed by atoms with E-state index in [1.165, 1.54) is 26.5 Å². The third-order valence-electron chi connectivity index (χ3n) is 4.15. The van der Waals surface area contributed by atoms with Gasteiger partial charge in [-0.3, -0.25) is 9.20 Å². The number of carbonyl (C=O) groups excluding carboxylic acids is 1. The van der Waals surface area contributed by atoms with E-state index >= 15 is 0 Å². The molecule has 0 spiro atoms. The number of hydrogen-bond acceptors (Lipinski definition) is 8. The zero-order valence-corrected chi connectivity index (χ0v) is 16.5. The van der Waals surface area contributed by atoms with E-state index in [9.17, 15) is 9.59 Å². The molecule has 0 fully saturated rings. The molecule has 0 saturated carbocycles. The lowest BCUT2D eigenvalue weighted by molar-refractivity contribution is -0.138. The summed E-state index contributed by atoms with van der Waals surface area (Å²) < 4.78 is 8.25. The Labute approximate surface area is 168 Å². The summed E-state index contributed by atoms with van der Waals surface area (Å²) in [4.78, 5) is 30.0. The SMILES string of the molecule is Cc1nnnn1/C(=C\c1ccccc1)C(=O)OCc1cc(=O)n2c(C)csc2n1. The van der Waals surface area contributed by atoms with Gasteiger partial charge in [0.1, 0.15) is 6.61 Å². The van der Waals surface area contributed by atoms with E-state index in [0.717, 1.165) is 11.3 Å². The molecular formula is C19H16N6O3S. The Hall–Kier alpha value is -3.66. The Morgan fingerprint density at radius 2 is 2.03 bits per heavy atom. The summed E-state index contributed by atoms with van der Waals surface area (Å²) in [5.41, 5.74) is 1.92. The summed E-state index contributed by atoms with van der Waals surface area (Å²) in [6, 6.07) is 10.7. The zero-order valence-electron chi connectivity index (χ0n) is 15.6. The first kappa shape index (κ1) is 18.7. The molecule has 0 aliphatic heterocycles. The van der Waals surface area contributed by atoms with Crippen LogP contribution in [0.25, 0.3) is 16.7 Å². The van der Waals surface area contributed by atoms with Crippen molar-refractivity contribution in [1.29, 1.82) is 0 Å². The highest BCUT2D eigenvalue weighted by atomic mass is 32.1. The van der Waals surface area contributed by atoms with Crippen molar-refractivity contribution in [2.75, 3.05) is 0 Å². The van der Waals surface area contributed by atoms with Crippen molar-refractivity contribution >= 4 is 34.0 Å². The topological polar surface area (TPSA) is 104 Å². The largest absolute Gasteiger partial charge is 0.454 e. The summed E-state index contributed by atoms with van der Waals surface area (Å²) in [6.07, 6.45) is 1.64. The number of hydrogen-bond donors (Lipinski definition) is 0. The van der Waals surface area contributed by atoms with Crippen LogP contribution in [-0.2, 0) is 16.1 Å². The van der Waals surface area contributed by atoms with E-state index in [-0.39, 0.29) is 17.9 Å². The van der Waals surface area contributed by atoms with Crippen LogP contribution in [0, 0.1) is 13.8 Å². The molecule has 29 heavy (non-hydrogen) atoms. The third-order valence-corrected chi connectivity index (χ3v) is 5.09. The molecule has 3 heterocycles. The number of esters is 1. The van der Waals surface area contributed by atoms with E-state index in [2.05, 4.69) is 20.5 Å². The second-order valence-electron chi connectivity index (χ2n) is 6.24. The number of benzene rings is 1. The van der Waals surface area contributed by atoms with Crippen LogP contribution in [0.15, 0.2) is 46.6 Å². The summed E-state index contributed by atoms with van der Waals surface area (Å²) in [5, 5.41) is 13.1. The Morgan fingerprint density at radius 3 is 2.76 bits per heavy atom. The number of nitrogens with zero attached hydrogens (tertiary/aromatic N) is 6. The standard InChI is InChI=1S/C19H16N6O3S/c1-12-11-29-19-20-15(9-17(26)24(12)19)10-28-18(27)16(25-13(2)21-22-23-25)8-14-6-4-3-5-7-14/h3-9,11H,10H2,1-2H3/b16-8-. The first-order valence-electron chi connectivity index (χ1n) is 8.69. The van der Waals surface area contributed by atoms with Crippen LogP contribution in [0.4, 0.5) is 0 Å². The molecule has 1 aromatic carbocycles. The maximum Gasteiger partial charge on any atom is 0.357 e.